The zero-order valence-corrected chi connectivity index (χ0v) is 11.2. The van der Waals surface area contributed by atoms with E-state index in [-0.39, 0.29) is 17.5 Å². The number of pyridine rings is 1. The standard InChI is InChI=1S/C12H20N2O2S/c1-3-9-17(15,16)10-8-14-11(2)12-4-6-13-7-5-12/h4-7,11,14H,3,8-10H2,1-2H3. The lowest BCUT2D eigenvalue weighted by molar-refractivity contribution is 0.571. The highest BCUT2D eigenvalue weighted by atomic mass is 32.2. The third-order valence-electron chi connectivity index (χ3n) is 2.58. The Bertz CT molecular complexity index is 417. The van der Waals surface area contributed by atoms with Crippen molar-refractivity contribution in [1.29, 1.82) is 0 Å². The number of nitrogens with one attached hydrogen (secondary N) is 1. The summed E-state index contributed by atoms with van der Waals surface area (Å²) in [5.41, 5.74) is 1.12. The van der Waals surface area contributed by atoms with E-state index >= 15 is 0 Å². The van der Waals surface area contributed by atoms with Gasteiger partial charge >= 0.3 is 0 Å². The van der Waals surface area contributed by atoms with Crippen LogP contribution in [0.2, 0.25) is 0 Å². The topological polar surface area (TPSA) is 59.1 Å². The van der Waals surface area contributed by atoms with Crippen LogP contribution in [0.4, 0.5) is 0 Å². The molecule has 5 heteroatoms. The number of aromatic nitrogens is 1. The molecule has 1 N–H and O–H groups in total. The highest BCUT2D eigenvalue weighted by Gasteiger charge is 2.10. The van der Waals surface area contributed by atoms with Crippen LogP contribution in [-0.2, 0) is 9.84 Å². The maximum atomic E-state index is 11.5. The molecule has 1 heterocycles. The van der Waals surface area contributed by atoms with Gasteiger partial charge in [-0.05, 0) is 31.0 Å². The lowest BCUT2D eigenvalue weighted by atomic mass is 10.1. The van der Waals surface area contributed by atoms with Crippen molar-refractivity contribution < 1.29 is 8.42 Å². The zero-order chi connectivity index (χ0) is 12.7. The summed E-state index contributed by atoms with van der Waals surface area (Å²) in [4.78, 5) is 3.95. The van der Waals surface area contributed by atoms with Crippen LogP contribution < -0.4 is 5.32 Å². The third-order valence-corrected chi connectivity index (χ3v) is 4.44. The second kappa shape index (κ2) is 6.71. The molecule has 17 heavy (non-hydrogen) atoms. The summed E-state index contributed by atoms with van der Waals surface area (Å²) in [7, 11) is -2.88. The Morgan fingerprint density at radius 2 is 1.94 bits per heavy atom. The molecule has 0 bridgehead atoms. The van der Waals surface area contributed by atoms with Crippen LogP contribution in [-0.4, -0.2) is 31.5 Å². The Morgan fingerprint density at radius 1 is 1.29 bits per heavy atom. The Hall–Kier alpha value is -0.940. The van der Waals surface area contributed by atoms with E-state index in [9.17, 15) is 8.42 Å². The molecule has 1 aromatic rings. The molecule has 0 spiro atoms. The molecule has 4 nitrogen and oxygen atoms in total. The average Bonchev–Trinajstić information content (AvgIpc) is 2.29. The summed E-state index contributed by atoms with van der Waals surface area (Å²) in [6.07, 6.45) is 4.16. The summed E-state index contributed by atoms with van der Waals surface area (Å²) < 4.78 is 23.0. The molecule has 0 aromatic carbocycles. The first kappa shape index (κ1) is 14.1. The third kappa shape index (κ3) is 5.28. The Labute approximate surface area is 103 Å². The van der Waals surface area contributed by atoms with Crippen LogP contribution in [0.1, 0.15) is 31.9 Å². The van der Waals surface area contributed by atoms with E-state index in [0.29, 0.717) is 13.0 Å². The predicted molar refractivity (Wildman–Crippen MR) is 69.6 cm³/mol. The summed E-state index contributed by atoms with van der Waals surface area (Å²) >= 11 is 0. The molecule has 0 radical (unpaired) electrons. The van der Waals surface area contributed by atoms with Gasteiger partial charge in [-0.3, -0.25) is 4.98 Å². The van der Waals surface area contributed by atoms with Gasteiger partial charge < -0.3 is 5.32 Å². The second-order valence-electron chi connectivity index (χ2n) is 4.11. The number of sulfone groups is 1. The lowest BCUT2D eigenvalue weighted by Gasteiger charge is -2.13. The van der Waals surface area contributed by atoms with Gasteiger partial charge in [-0.2, -0.15) is 0 Å². The van der Waals surface area contributed by atoms with Gasteiger partial charge in [0.05, 0.1) is 5.75 Å². The van der Waals surface area contributed by atoms with Crippen LogP contribution in [0.25, 0.3) is 0 Å². The summed E-state index contributed by atoms with van der Waals surface area (Å²) in [5.74, 6) is 0.481. The molecule has 0 aliphatic rings. The number of rotatable bonds is 7. The average molecular weight is 256 g/mol. The van der Waals surface area contributed by atoms with E-state index in [4.69, 9.17) is 0 Å². The van der Waals surface area contributed by atoms with Crippen LogP contribution in [0.5, 0.6) is 0 Å². The zero-order valence-electron chi connectivity index (χ0n) is 10.4. The number of hydrogen-bond acceptors (Lipinski definition) is 4. The predicted octanol–water partition coefficient (Wildman–Crippen LogP) is 1.56. The van der Waals surface area contributed by atoms with Gasteiger partial charge in [0.1, 0.15) is 0 Å². The van der Waals surface area contributed by atoms with Crippen LogP contribution in [0, 0.1) is 0 Å². The minimum atomic E-state index is -2.88. The molecule has 1 rings (SSSR count). The quantitative estimate of drug-likeness (QED) is 0.804. The van der Waals surface area contributed by atoms with Crippen LogP contribution in [0.3, 0.4) is 0 Å². The fourth-order valence-corrected chi connectivity index (χ4v) is 2.87. The summed E-state index contributed by atoms with van der Waals surface area (Å²) in [6, 6.07) is 4.01. The normalized spacial score (nSPS) is 13.5. The van der Waals surface area contributed by atoms with E-state index < -0.39 is 9.84 Å². The summed E-state index contributed by atoms with van der Waals surface area (Å²) in [5, 5.41) is 3.21. The smallest absolute Gasteiger partial charge is 0.151 e. The van der Waals surface area contributed by atoms with Crippen molar-refractivity contribution in [3.05, 3.63) is 30.1 Å². The van der Waals surface area contributed by atoms with E-state index in [1.165, 1.54) is 0 Å². The number of hydrogen-bond donors (Lipinski definition) is 1. The number of nitrogens with zero attached hydrogens (tertiary/aromatic N) is 1. The Morgan fingerprint density at radius 3 is 2.53 bits per heavy atom. The molecule has 1 aromatic heterocycles. The van der Waals surface area contributed by atoms with Crippen LogP contribution in [0.15, 0.2) is 24.5 Å². The molecule has 0 fully saturated rings. The summed E-state index contributed by atoms with van der Waals surface area (Å²) in [6.45, 7) is 4.39. The van der Waals surface area contributed by atoms with Crippen molar-refractivity contribution in [2.24, 2.45) is 0 Å². The van der Waals surface area contributed by atoms with E-state index in [1.807, 2.05) is 26.0 Å². The van der Waals surface area contributed by atoms with E-state index in [1.54, 1.807) is 12.4 Å². The first-order chi connectivity index (χ1) is 8.05. The molecular weight excluding hydrogens is 236 g/mol. The van der Waals surface area contributed by atoms with Gasteiger partial charge in [0, 0.05) is 30.7 Å². The van der Waals surface area contributed by atoms with Gasteiger partial charge in [0.15, 0.2) is 9.84 Å². The highest BCUT2D eigenvalue weighted by Crippen LogP contribution is 2.09. The van der Waals surface area contributed by atoms with Crippen LogP contribution >= 0.6 is 0 Å². The van der Waals surface area contributed by atoms with Gasteiger partial charge in [0.25, 0.3) is 0 Å². The largest absolute Gasteiger partial charge is 0.309 e. The van der Waals surface area contributed by atoms with Crippen molar-refractivity contribution in [2.45, 2.75) is 26.3 Å². The second-order valence-corrected chi connectivity index (χ2v) is 6.41. The van der Waals surface area contributed by atoms with Gasteiger partial charge in [0.2, 0.25) is 0 Å². The molecule has 96 valence electrons. The maximum Gasteiger partial charge on any atom is 0.151 e. The molecular formula is C12H20N2O2S. The SMILES string of the molecule is CCCS(=O)(=O)CCNC(C)c1ccncc1. The van der Waals surface area contributed by atoms with E-state index in [2.05, 4.69) is 10.3 Å². The fourth-order valence-electron chi connectivity index (χ4n) is 1.61. The van der Waals surface area contributed by atoms with Crippen molar-refractivity contribution in [3.63, 3.8) is 0 Å². The minimum Gasteiger partial charge on any atom is -0.309 e. The molecule has 0 aliphatic carbocycles. The van der Waals surface area contributed by atoms with E-state index in [0.717, 1.165) is 5.56 Å². The molecule has 1 unspecified atom stereocenters. The molecule has 0 aliphatic heterocycles. The Balaban J connectivity index is 2.37. The maximum absolute atomic E-state index is 11.5. The first-order valence-electron chi connectivity index (χ1n) is 5.89. The molecule has 0 saturated heterocycles. The molecule has 0 amide bonds. The highest BCUT2D eigenvalue weighted by molar-refractivity contribution is 7.91. The van der Waals surface area contributed by atoms with Crippen molar-refractivity contribution >= 4 is 9.84 Å². The van der Waals surface area contributed by atoms with Crippen molar-refractivity contribution in [3.8, 4) is 0 Å². The van der Waals surface area contributed by atoms with Crippen molar-refractivity contribution in [1.82, 2.24) is 10.3 Å². The lowest BCUT2D eigenvalue weighted by Crippen LogP contribution is -2.26. The first-order valence-corrected chi connectivity index (χ1v) is 7.71. The molecule has 1 atom stereocenters. The van der Waals surface area contributed by atoms with Gasteiger partial charge in [-0.25, -0.2) is 8.42 Å². The minimum absolute atomic E-state index is 0.148. The van der Waals surface area contributed by atoms with Crippen molar-refractivity contribution in [2.75, 3.05) is 18.1 Å². The fraction of sp³-hybridized carbons (Fsp3) is 0.583. The molecule has 0 saturated carbocycles. The monoisotopic (exact) mass is 256 g/mol. The Kier molecular flexibility index (Phi) is 5.58. The van der Waals surface area contributed by atoms with Gasteiger partial charge in [-0.15, -0.1) is 0 Å². The van der Waals surface area contributed by atoms with Gasteiger partial charge in [-0.1, -0.05) is 6.92 Å².